The summed E-state index contributed by atoms with van der Waals surface area (Å²) in [6.07, 6.45) is 13.1. The van der Waals surface area contributed by atoms with Crippen LogP contribution in [0.15, 0.2) is 34.9 Å². The first-order valence-electron chi connectivity index (χ1n) is 7.65. The molecule has 0 radical (unpaired) electrons. The predicted octanol–water partition coefficient (Wildman–Crippen LogP) is 7.48. The summed E-state index contributed by atoms with van der Waals surface area (Å²) in [5.74, 6) is 0. The van der Waals surface area contributed by atoms with E-state index in [1.807, 2.05) is 0 Å². The van der Waals surface area contributed by atoms with Gasteiger partial charge in [-0.15, -0.1) is 0 Å². The monoisotopic (exact) mass is 278 g/mol. The molecule has 0 fully saturated rings. The van der Waals surface area contributed by atoms with Gasteiger partial charge in [0.05, 0.1) is 0 Å². The van der Waals surface area contributed by atoms with Gasteiger partial charge in [-0.1, -0.05) is 63.1 Å². The van der Waals surface area contributed by atoms with Crippen molar-refractivity contribution in [2.75, 3.05) is 0 Å². The van der Waals surface area contributed by atoms with Gasteiger partial charge in [0.1, 0.15) is 0 Å². The van der Waals surface area contributed by atoms with Crippen LogP contribution in [0.2, 0.25) is 0 Å². The van der Waals surface area contributed by atoms with E-state index in [0.29, 0.717) is 5.41 Å². The molecular weight excluding hydrogens is 240 g/mol. The summed E-state index contributed by atoms with van der Waals surface area (Å²) in [6, 6.07) is 0. The van der Waals surface area contributed by atoms with Crippen molar-refractivity contribution in [3.8, 4) is 0 Å². The van der Waals surface area contributed by atoms with Gasteiger partial charge < -0.3 is 0 Å². The second-order valence-electron chi connectivity index (χ2n) is 7.22. The Bertz CT molecular complexity index is 328. The van der Waals surface area contributed by atoms with E-state index in [2.05, 4.69) is 66.7 Å². The molecule has 0 aromatic heterocycles. The van der Waals surface area contributed by atoms with E-state index < -0.39 is 0 Å². The molecule has 0 N–H and O–H groups in total. The summed E-state index contributed by atoms with van der Waals surface area (Å²) in [5.41, 5.74) is 4.90. The average Bonchev–Trinajstić information content (AvgIpc) is 2.25. The van der Waals surface area contributed by atoms with E-state index in [1.54, 1.807) is 0 Å². The average molecular weight is 279 g/mol. The van der Waals surface area contributed by atoms with Crippen LogP contribution in [0.1, 0.15) is 88.0 Å². The lowest BCUT2D eigenvalue weighted by molar-refractivity contribution is 0.419. The molecule has 0 heterocycles. The molecule has 0 unspecified atom stereocenters. The van der Waals surface area contributed by atoms with Crippen LogP contribution in [0, 0.1) is 5.41 Å². The van der Waals surface area contributed by atoms with E-state index in [0.717, 1.165) is 0 Å². The Morgan fingerprint density at radius 1 is 0.750 bits per heavy atom. The zero-order valence-electron chi connectivity index (χ0n) is 14.3. The molecule has 0 nitrogen and oxygen atoms in total. The zero-order valence-corrected chi connectivity index (χ0v) is 14.3. The van der Waals surface area contributed by atoms with Crippen LogP contribution < -0.4 is 0 Å². The van der Waals surface area contributed by atoms with Gasteiger partial charge in [0.2, 0.25) is 0 Å². The third kappa shape index (κ3) is 15.3. The molecule has 0 saturated carbocycles. The Balaban J connectivity index is 0. The van der Waals surface area contributed by atoms with Gasteiger partial charge in [-0.05, 0) is 65.2 Å². The minimum Gasteiger partial charge on any atom is -0.0856 e. The van der Waals surface area contributed by atoms with Crippen molar-refractivity contribution in [1.82, 2.24) is 0 Å². The first-order valence-corrected chi connectivity index (χ1v) is 7.65. The number of hydrogen-bond acceptors (Lipinski definition) is 0. The fourth-order valence-corrected chi connectivity index (χ4v) is 1.82. The van der Waals surface area contributed by atoms with Crippen LogP contribution in [-0.2, 0) is 0 Å². The molecule has 0 bridgehead atoms. The van der Waals surface area contributed by atoms with E-state index in [1.165, 1.54) is 48.8 Å². The summed E-state index contributed by atoms with van der Waals surface area (Å²) in [6.45, 7) is 15.7. The smallest absolute Gasteiger partial charge is 0.0288 e. The lowest BCUT2D eigenvalue weighted by atomic mass is 9.91. The van der Waals surface area contributed by atoms with Crippen molar-refractivity contribution in [3.05, 3.63) is 34.9 Å². The summed E-state index contributed by atoms with van der Waals surface area (Å²) < 4.78 is 0. The van der Waals surface area contributed by atoms with Gasteiger partial charge in [0.25, 0.3) is 0 Å². The Labute approximate surface area is 129 Å². The quantitative estimate of drug-likeness (QED) is 0.423. The molecule has 0 spiro atoms. The maximum atomic E-state index is 2.41. The normalized spacial score (nSPS) is 12.9. The molecule has 118 valence electrons. The van der Waals surface area contributed by atoms with Crippen molar-refractivity contribution in [2.24, 2.45) is 5.41 Å². The molecule has 0 rings (SSSR count). The SMILES string of the molecule is C.CC(C)=CCC/C(C)=C\CC/C(C)=C\CC(C)(C)C. The highest BCUT2D eigenvalue weighted by atomic mass is 14.1. The van der Waals surface area contributed by atoms with Crippen molar-refractivity contribution < 1.29 is 0 Å². The molecule has 0 aliphatic rings. The highest BCUT2D eigenvalue weighted by Gasteiger charge is 2.07. The summed E-state index contributed by atoms with van der Waals surface area (Å²) in [7, 11) is 0. The molecule has 0 atom stereocenters. The number of allylic oxidation sites excluding steroid dienone is 6. The van der Waals surface area contributed by atoms with Gasteiger partial charge in [0, 0.05) is 0 Å². The largest absolute Gasteiger partial charge is 0.0856 e. The van der Waals surface area contributed by atoms with E-state index >= 15 is 0 Å². The van der Waals surface area contributed by atoms with Crippen molar-refractivity contribution >= 4 is 0 Å². The Kier molecular flexibility index (Phi) is 11.8. The maximum Gasteiger partial charge on any atom is -0.0288 e. The standard InChI is InChI=1S/C19H34.CH4/c1-16(2)10-8-11-17(3)12-9-13-18(4)14-15-19(5,6)7;/h10,12,14H,8-9,11,13,15H2,1-7H3;1H4/b17-12-,18-14-;. The van der Waals surface area contributed by atoms with Crippen molar-refractivity contribution in [1.29, 1.82) is 0 Å². The van der Waals surface area contributed by atoms with Gasteiger partial charge in [-0.2, -0.15) is 0 Å². The highest BCUT2D eigenvalue weighted by molar-refractivity contribution is 5.05. The third-order valence-corrected chi connectivity index (χ3v) is 3.19. The van der Waals surface area contributed by atoms with Crippen LogP contribution in [-0.4, -0.2) is 0 Å². The Hall–Kier alpha value is -0.780. The third-order valence-electron chi connectivity index (χ3n) is 3.19. The molecule has 0 aromatic rings. The molecule has 0 aliphatic carbocycles. The second-order valence-corrected chi connectivity index (χ2v) is 7.22. The molecule has 0 aliphatic heterocycles. The fraction of sp³-hybridized carbons (Fsp3) is 0.700. The van der Waals surface area contributed by atoms with Crippen LogP contribution in [0.3, 0.4) is 0 Å². The van der Waals surface area contributed by atoms with E-state index in [4.69, 9.17) is 0 Å². The lowest BCUT2D eigenvalue weighted by Gasteiger charge is -2.15. The predicted molar refractivity (Wildman–Crippen MR) is 96.2 cm³/mol. The Morgan fingerprint density at radius 3 is 1.65 bits per heavy atom. The number of rotatable bonds is 7. The molecular formula is C20H38. The molecule has 20 heavy (non-hydrogen) atoms. The van der Waals surface area contributed by atoms with Gasteiger partial charge in [-0.3, -0.25) is 0 Å². The summed E-state index contributed by atoms with van der Waals surface area (Å²) in [5, 5.41) is 0. The molecule has 0 heteroatoms. The highest BCUT2D eigenvalue weighted by Crippen LogP contribution is 2.21. The maximum absolute atomic E-state index is 2.41. The van der Waals surface area contributed by atoms with Crippen LogP contribution >= 0.6 is 0 Å². The van der Waals surface area contributed by atoms with Gasteiger partial charge in [0.15, 0.2) is 0 Å². The lowest BCUT2D eigenvalue weighted by Crippen LogP contribution is -2.02. The van der Waals surface area contributed by atoms with Crippen molar-refractivity contribution in [3.63, 3.8) is 0 Å². The van der Waals surface area contributed by atoms with E-state index in [-0.39, 0.29) is 7.43 Å². The van der Waals surface area contributed by atoms with Crippen molar-refractivity contribution in [2.45, 2.75) is 88.0 Å². The number of hydrogen-bond donors (Lipinski definition) is 0. The second kappa shape index (κ2) is 10.9. The fourth-order valence-electron chi connectivity index (χ4n) is 1.82. The topological polar surface area (TPSA) is 0 Å². The van der Waals surface area contributed by atoms with Crippen LogP contribution in [0.25, 0.3) is 0 Å². The molecule has 0 saturated heterocycles. The summed E-state index contributed by atoms with van der Waals surface area (Å²) in [4.78, 5) is 0. The van der Waals surface area contributed by atoms with Gasteiger partial charge >= 0.3 is 0 Å². The summed E-state index contributed by atoms with van der Waals surface area (Å²) >= 11 is 0. The van der Waals surface area contributed by atoms with Gasteiger partial charge in [-0.25, -0.2) is 0 Å². The Morgan fingerprint density at radius 2 is 1.20 bits per heavy atom. The van der Waals surface area contributed by atoms with E-state index in [9.17, 15) is 0 Å². The van der Waals surface area contributed by atoms with Crippen LogP contribution in [0.4, 0.5) is 0 Å². The first-order chi connectivity index (χ1) is 8.70. The van der Waals surface area contributed by atoms with Crippen LogP contribution in [0.5, 0.6) is 0 Å². The first kappa shape index (κ1) is 21.5. The molecule has 0 amide bonds. The zero-order chi connectivity index (χ0) is 14.9. The minimum atomic E-state index is 0. The minimum absolute atomic E-state index is 0. The molecule has 0 aromatic carbocycles.